The van der Waals surface area contributed by atoms with Crippen LogP contribution in [0.3, 0.4) is 0 Å². The van der Waals surface area contributed by atoms with Crippen molar-refractivity contribution in [1.29, 1.82) is 5.26 Å². The van der Waals surface area contributed by atoms with Gasteiger partial charge in [0, 0.05) is 0 Å². The van der Waals surface area contributed by atoms with E-state index in [9.17, 15) is 14.9 Å². The van der Waals surface area contributed by atoms with Crippen LogP contribution in [0.5, 0.6) is 5.75 Å². The van der Waals surface area contributed by atoms with Crippen LogP contribution >= 0.6 is 0 Å². The van der Waals surface area contributed by atoms with Crippen molar-refractivity contribution in [2.24, 2.45) is 5.73 Å². The maximum atomic E-state index is 11.0. The van der Waals surface area contributed by atoms with Crippen LogP contribution in [0, 0.1) is 21.4 Å². The van der Waals surface area contributed by atoms with Crippen molar-refractivity contribution in [3.63, 3.8) is 0 Å². The van der Waals surface area contributed by atoms with Crippen LogP contribution in [-0.2, 0) is 0 Å². The topological polar surface area (TPSA) is 119 Å². The molecule has 0 radical (unpaired) electrons. The van der Waals surface area contributed by atoms with E-state index in [1.807, 2.05) is 0 Å². The lowest BCUT2D eigenvalue weighted by Crippen LogP contribution is -2.13. The quantitative estimate of drug-likeness (QED) is 0.591. The summed E-state index contributed by atoms with van der Waals surface area (Å²) in [4.78, 5) is 21.0. The zero-order valence-electron chi connectivity index (χ0n) is 8.26. The van der Waals surface area contributed by atoms with E-state index in [0.29, 0.717) is 0 Å². The van der Waals surface area contributed by atoms with Crippen molar-refractivity contribution in [3.8, 4) is 11.8 Å². The maximum Gasteiger partial charge on any atom is 0.329 e. The number of ether oxygens (including phenoxy) is 1. The first-order valence-corrected chi connectivity index (χ1v) is 4.08. The monoisotopic (exact) mass is 221 g/mol. The van der Waals surface area contributed by atoms with Gasteiger partial charge in [-0.25, -0.2) is 0 Å². The molecule has 0 fully saturated rings. The molecule has 7 nitrogen and oxygen atoms in total. The first kappa shape index (κ1) is 11.5. The van der Waals surface area contributed by atoms with E-state index >= 15 is 0 Å². The van der Waals surface area contributed by atoms with Crippen molar-refractivity contribution >= 4 is 11.6 Å². The molecule has 0 bridgehead atoms. The number of carbonyl (C=O) groups is 1. The second kappa shape index (κ2) is 4.27. The van der Waals surface area contributed by atoms with Gasteiger partial charge in [0.05, 0.1) is 17.6 Å². The molecule has 1 aromatic rings. The Hall–Kier alpha value is -2.62. The maximum absolute atomic E-state index is 11.0. The van der Waals surface area contributed by atoms with Gasteiger partial charge in [-0.3, -0.25) is 14.9 Å². The number of carbonyl (C=O) groups excluding carboxylic acids is 1. The molecule has 0 aromatic heterocycles. The average molecular weight is 221 g/mol. The number of benzene rings is 1. The molecule has 0 heterocycles. The number of primary amides is 1. The second-order valence-electron chi connectivity index (χ2n) is 2.78. The Morgan fingerprint density at radius 1 is 1.62 bits per heavy atom. The molecule has 2 N–H and O–H groups in total. The van der Waals surface area contributed by atoms with Crippen LogP contribution in [0.1, 0.15) is 15.9 Å². The number of nitro groups is 1. The highest BCUT2D eigenvalue weighted by Crippen LogP contribution is 2.33. The number of nitrogens with two attached hydrogens (primary N) is 1. The summed E-state index contributed by atoms with van der Waals surface area (Å²) in [5.74, 6) is -1.15. The lowest BCUT2D eigenvalue weighted by Gasteiger charge is -2.06. The van der Waals surface area contributed by atoms with Gasteiger partial charge in [-0.15, -0.1) is 0 Å². The number of methoxy groups -OCH3 is 1. The van der Waals surface area contributed by atoms with E-state index in [1.165, 1.54) is 6.07 Å². The Bertz CT molecular complexity index is 504. The molecule has 1 aromatic carbocycles. The molecule has 0 saturated heterocycles. The molecule has 0 atom stereocenters. The Labute approximate surface area is 90.2 Å². The molecule has 0 saturated carbocycles. The van der Waals surface area contributed by atoms with Gasteiger partial charge in [-0.1, -0.05) is 0 Å². The fourth-order valence-corrected chi connectivity index (χ4v) is 1.24. The normalized spacial score (nSPS) is 9.25. The van der Waals surface area contributed by atoms with Gasteiger partial charge in [0.15, 0.2) is 0 Å². The largest absolute Gasteiger partial charge is 0.490 e. The molecule has 16 heavy (non-hydrogen) atoms. The summed E-state index contributed by atoms with van der Waals surface area (Å²) in [6.07, 6.45) is 0. The zero-order chi connectivity index (χ0) is 12.3. The van der Waals surface area contributed by atoms with E-state index in [4.69, 9.17) is 15.7 Å². The van der Waals surface area contributed by atoms with Gasteiger partial charge in [0.1, 0.15) is 11.6 Å². The predicted octanol–water partition coefficient (Wildman–Crippen LogP) is 0.574. The Morgan fingerprint density at radius 3 is 2.62 bits per heavy atom. The Morgan fingerprint density at radius 2 is 2.25 bits per heavy atom. The van der Waals surface area contributed by atoms with Crippen LogP contribution < -0.4 is 10.5 Å². The minimum atomic E-state index is -0.857. The summed E-state index contributed by atoms with van der Waals surface area (Å²) < 4.78 is 4.75. The number of nitrogens with zero attached hydrogens (tertiary/aromatic N) is 2. The van der Waals surface area contributed by atoms with Crippen molar-refractivity contribution in [2.45, 2.75) is 0 Å². The third-order valence-corrected chi connectivity index (χ3v) is 1.90. The highest BCUT2D eigenvalue weighted by Gasteiger charge is 2.26. The third kappa shape index (κ3) is 1.76. The van der Waals surface area contributed by atoms with E-state index in [0.717, 1.165) is 13.2 Å². The predicted molar refractivity (Wildman–Crippen MR) is 52.9 cm³/mol. The van der Waals surface area contributed by atoms with Gasteiger partial charge < -0.3 is 10.5 Å². The highest BCUT2D eigenvalue weighted by atomic mass is 16.6. The van der Waals surface area contributed by atoms with Crippen molar-refractivity contribution in [2.75, 3.05) is 7.11 Å². The zero-order valence-corrected chi connectivity index (χ0v) is 8.26. The number of hydrogen-bond donors (Lipinski definition) is 1. The minimum Gasteiger partial charge on any atom is -0.490 e. The summed E-state index contributed by atoms with van der Waals surface area (Å²) in [7, 11) is 1.16. The standard InChI is InChI=1S/C9H7N3O4/c1-16-8-6(9(11)13)3-2-5(4-10)7(8)12(14)15/h2-3H,1H3,(H2,11,13). The smallest absolute Gasteiger partial charge is 0.329 e. The van der Waals surface area contributed by atoms with Crippen LogP contribution in [-0.4, -0.2) is 17.9 Å². The summed E-state index contributed by atoms with van der Waals surface area (Å²) in [5, 5.41) is 19.4. The fourth-order valence-electron chi connectivity index (χ4n) is 1.24. The SMILES string of the molecule is COc1c(C(N)=O)ccc(C#N)c1[N+](=O)[O-]. The molecule has 0 aliphatic rings. The van der Waals surface area contributed by atoms with Gasteiger partial charge in [-0.05, 0) is 12.1 Å². The van der Waals surface area contributed by atoms with Gasteiger partial charge >= 0.3 is 5.69 Å². The van der Waals surface area contributed by atoms with Crippen LogP contribution in [0.2, 0.25) is 0 Å². The van der Waals surface area contributed by atoms with Crippen molar-refractivity contribution in [1.82, 2.24) is 0 Å². The molecule has 0 unspecified atom stereocenters. The highest BCUT2D eigenvalue weighted by molar-refractivity contribution is 5.97. The van der Waals surface area contributed by atoms with Gasteiger partial charge in [0.25, 0.3) is 5.91 Å². The molecule has 82 valence electrons. The van der Waals surface area contributed by atoms with E-state index in [1.54, 1.807) is 6.07 Å². The Kier molecular flexibility index (Phi) is 3.06. The molecular formula is C9H7N3O4. The summed E-state index contributed by atoms with van der Waals surface area (Å²) in [6.45, 7) is 0. The van der Waals surface area contributed by atoms with E-state index in [-0.39, 0.29) is 16.9 Å². The first-order valence-electron chi connectivity index (χ1n) is 4.08. The first-order chi connectivity index (χ1) is 7.52. The number of nitriles is 1. The summed E-state index contributed by atoms with van der Waals surface area (Å²) >= 11 is 0. The molecule has 7 heteroatoms. The second-order valence-corrected chi connectivity index (χ2v) is 2.78. The van der Waals surface area contributed by atoms with Crippen molar-refractivity contribution < 1.29 is 14.5 Å². The molecule has 0 aliphatic heterocycles. The van der Waals surface area contributed by atoms with Crippen LogP contribution in [0.4, 0.5) is 5.69 Å². The number of hydrogen-bond acceptors (Lipinski definition) is 5. The van der Waals surface area contributed by atoms with Gasteiger partial charge in [0.2, 0.25) is 5.75 Å². The van der Waals surface area contributed by atoms with Crippen LogP contribution in [0.25, 0.3) is 0 Å². The molecular weight excluding hydrogens is 214 g/mol. The Balaban J connectivity index is 3.64. The van der Waals surface area contributed by atoms with E-state index in [2.05, 4.69) is 0 Å². The molecule has 0 spiro atoms. The molecule has 1 amide bonds. The number of nitro benzene ring substituents is 1. The lowest BCUT2D eigenvalue weighted by atomic mass is 10.1. The average Bonchev–Trinajstić information content (AvgIpc) is 2.26. The molecule has 1 rings (SSSR count). The van der Waals surface area contributed by atoms with Crippen molar-refractivity contribution in [3.05, 3.63) is 33.4 Å². The number of amides is 1. The van der Waals surface area contributed by atoms with Gasteiger partial charge in [-0.2, -0.15) is 5.26 Å². The number of rotatable bonds is 3. The fraction of sp³-hybridized carbons (Fsp3) is 0.111. The minimum absolute atomic E-state index is 0.131. The third-order valence-electron chi connectivity index (χ3n) is 1.90. The van der Waals surface area contributed by atoms with Crippen LogP contribution in [0.15, 0.2) is 12.1 Å². The summed E-state index contributed by atoms with van der Waals surface area (Å²) in [6, 6.07) is 4.01. The lowest BCUT2D eigenvalue weighted by molar-refractivity contribution is -0.386. The molecule has 0 aliphatic carbocycles. The van der Waals surface area contributed by atoms with E-state index < -0.39 is 16.5 Å². The summed E-state index contributed by atoms with van der Waals surface area (Å²) in [5.41, 5.74) is 4.15.